The summed E-state index contributed by atoms with van der Waals surface area (Å²) in [6, 6.07) is 71.7. The molecule has 0 spiro atoms. The Kier molecular flexibility index (Phi) is 8.03. The molecule has 0 N–H and O–H groups in total. The number of furan rings is 1. The zero-order chi connectivity index (χ0) is 40.7. The summed E-state index contributed by atoms with van der Waals surface area (Å²) in [5.74, 6) is 0. The summed E-state index contributed by atoms with van der Waals surface area (Å²) in [7, 11) is 0. The van der Waals surface area contributed by atoms with Crippen molar-refractivity contribution >= 4 is 88.4 Å². The van der Waals surface area contributed by atoms with Crippen molar-refractivity contribution in [2.45, 2.75) is 19.3 Å². The molecule has 2 aromatic heterocycles. The van der Waals surface area contributed by atoms with Gasteiger partial charge < -0.3 is 14.2 Å². The zero-order valence-electron chi connectivity index (χ0n) is 33.7. The molecule has 0 atom stereocenters. The summed E-state index contributed by atoms with van der Waals surface area (Å²) in [6.45, 7) is 4.69. The number of anilines is 6. The Morgan fingerprint density at radius 2 is 0.984 bits per heavy atom. The lowest BCUT2D eigenvalue weighted by atomic mass is 9.82. The van der Waals surface area contributed by atoms with Crippen LogP contribution < -0.4 is 9.80 Å². The third kappa shape index (κ3) is 5.84. The summed E-state index contributed by atoms with van der Waals surface area (Å²) in [4.78, 5) is 9.92. The average Bonchev–Trinajstić information content (AvgIpc) is 3.96. The van der Waals surface area contributed by atoms with Crippen molar-refractivity contribution in [3.05, 3.63) is 211 Å². The van der Waals surface area contributed by atoms with Gasteiger partial charge in [-0.05, 0) is 148 Å². The summed E-state index contributed by atoms with van der Waals surface area (Å²) in [5, 5.41) is 5.77. The van der Waals surface area contributed by atoms with Gasteiger partial charge in [-0.2, -0.15) is 0 Å². The molecule has 61 heavy (non-hydrogen) atoms. The van der Waals surface area contributed by atoms with E-state index in [-0.39, 0.29) is 5.41 Å². The summed E-state index contributed by atoms with van der Waals surface area (Å²) in [5.41, 5.74) is 15.6. The van der Waals surface area contributed by atoms with Gasteiger partial charge in [-0.1, -0.05) is 98.8 Å². The van der Waals surface area contributed by atoms with E-state index < -0.39 is 0 Å². The van der Waals surface area contributed by atoms with E-state index in [0.29, 0.717) is 0 Å². The highest BCUT2D eigenvalue weighted by Crippen LogP contribution is 2.52. The molecule has 2 heterocycles. The first-order valence-corrected chi connectivity index (χ1v) is 21.6. The molecule has 5 heteroatoms. The number of nitrogens with zero attached hydrogens (tertiary/aromatic N) is 3. The van der Waals surface area contributed by atoms with Crippen molar-refractivity contribution in [3.8, 4) is 21.7 Å². The quantitative estimate of drug-likeness (QED) is 0.161. The molecular weight excluding hydrogens is 763 g/mol. The second-order valence-corrected chi connectivity index (χ2v) is 17.5. The van der Waals surface area contributed by atoms with Crippen LogP contribution in [0.3, 0.4) is 0 Å². The molecule has 0 amide bonds. The van der Waals surface area contributed by atoms with Gasteiger partial charge in [-0.3, -0.25) is 0 Å². The van der Waals surface area contributed by atoms with E-state index >= 15 is 0 Å². The van der Waals surface area contributed by atoms with E-state index in [9.17, 15) is 0 Å². The van der Waals surface area contributed by atoms with Gasteiger partial charge in [0.2, 0.25) is 0 Å². The molecular formula is C56H39N3OS. The fourth-order valence-electron chi connectivity index (χ4n) is 9.39. The Balaban J connectivity index is 0.962. The topological polar surface area (TPSA) is 32.5 Å². The van der Waals surface area contributed by atoms with Crippen LogP contribution in [0.5, 0.6) is 0 Å². The molecule has 0 unspecified atom stereocenters. The van der Waals surface area contributed by atoms with Crippen LogP contribution in [0.2, 0.25) is 0 Å². The van der Waals surface area contributed by atoms with Crippen molar-refractivity contribution in [1.82, 2.24) is 4.98 Å². The van der Waals surface area contributed by atoms with Crippen LogP contribution in [0, 0.1) is 0 Å². The van der Waals surface area contributed by atoms with E-state index in [4.69, 9.17) is 9.40 Å². The molecule has 0 bridgehead atoms. The highest BCUT2D eigenvalue weighted by atomic mass is 32.1. The molecule has 0 aliphatic heterocycles. The molecule has 1 aliphatic rings. The lowest BCUT2D eigenvalue weighted by molar-refractivity contribution is 0.662. The molecule has 1 aliphatic carbocycles. The smallest absolute Gasteiger partial charge is 0.135 e. The Morgan fingerprint density at radius 1 is 0.443 bits per heavy atom. The number of para-hydroxylation sites is 3. The minimum absolute atomic E-state index is 0.111. The monoisotopic (exact) mass is 801 g/mol. The van der Waals surface area contributed by atoms with Crippen LogP contribution in [0.1, 0.15) is 25.0 Å². The van der Waals surface area contributed by atoms with Crippen LogP contribution in [0.25, 0.3) is 64.6 Å². The molecule has 0 fully saturated rings. The molecule has 12 rings (SSSR count). The van der Waals surface area contributed by atoms with Crippen LogP contribution in [0.15, 0.2) is 205 Å². The number of rotatable bonds is 7. The molecule has 9 aromatic carbocycles. The second kappa shape index (κ2) is 13.8. The van der Waals surface area contributed by atoms with Crippen molar-refractivity contribution < 1.29 is 4.42 Å². The maximum absolute atomic E-state index is 6.28. The fourth-order valence-corrected chi connectivity index (χ4v) is 10.4. The summed E-state index contributed by atoms with van der Waals surface area (Å²) >= 11 is 1.77. The highest BCUT2D eigenvalue weighted by molar-refractivity contribution is 7.21. The van der Waals surface area contributed by atoms with Crippen molar-refractivity contribution in [1.29, 1.82) is 0 Å². The third-order valence-electron chi connectivity index (χ3n) is 12.4. The minimum Gasteiger partial charge on any atom is -0.456 e. The maximum Gasteiger partial charge on any atom is 0.135 e. The standard InChI is InChI=1S/C56H39N3OS/c1-56(2)49-31-38-15-10-9-14-37(38)30-46(49)47-34-54-51(35-50(47)56)57-55(61-54)36-24-26-41(27-25-36)59(44-28-29-53-48(33-44)45-22-11-12-23-52(45)60-53)43-21-13-20-42(32-43)58(39-16-5-3-6-17-39)40-18-7-4-8-19-40/h3-35H,1-2H3. The molecule has 11 aromatic rings. The van der Waals surface area contributed by atoms with Crippen LogP contribution in [-0.2, 0) is 5.41 Å². The van der Waals surface area contributed by atoms with E-state index in [0.717, 1.165) is 72.2 Å². The first kappa shape index (κ1) is 35.5. The number of aromatic nitrogens is 1. The van der Waals surface area contributed by atoms with Gasteiger partial charge in [-0.25, -0.2) is 4.98 Å². The number of fused-ring (bicyclic) bond motifs is 8. The molecule has 0 radical (unpaired) electrons. The normalized spacial score (nSPS) is 12.9. The van der Waals surface area contributed by atoms with Gasteiger partial charge in [-0.15, -0.1) is 11.3 Å². The van der Waals surface area contributed by atoms with E-state index in [1.54, 1.807) is 11.3 Å². The van der Waals surface area contributed by atoms with Crippen molar-refractivity contribution in [2.24, 2.45) is 0 Å². The fraction of sp³-hybridized carbons (Fsp3) is 0.0536. The number of hydrogen-bond donors (Lipinski definition) is 0. The predicted octanol–water partition coefficient (Wildman–Crippen LogP) is 16.3. The van der Waals surface area contributed by atoms with Gasteiger partial charge in [0.25, 0.3) is 0 Å². The zero-order valence-corrected chi connectivity index (χ0v) is 34.5. The number of thiazole rings is 1. The first-order chi connectivity index (χ1) is 30.0. The van der Waals surface area contributed by atoms with Crippen LogP contribution in [-0.4, -0.2) is 4.98 Å². The summed E-state index contributed by atoms with van der Waals surface area (Å²) in [6.07, 6.45) is 0. The third-order valence-corrected chi connectivity index (χ3v) is 13.5. The van der Waals surface area contributed by atoms with E-state index in [1.165, 1.54) is 37.7 Å². The van der Waals surface area contributed by atoms with Gasteiger partial charge in [0.05, 0.1) is 10.2 Å². The Bertz CT molecular complexity index is 3420. The van der Waals surface area contributed by atoms with Crippen molar-refractivity contribution in [2.75, 3.05) is 9.80 Å². The van der Waals surface area contributed by atoms with Crippen LogP contribution in [0.4, 0.5) is 34.1 Å². The highest BCUT2D eigenvalue weighted by Gasteiger charge is 2.36. The first-order valence-electron chi connectivity index (χ1n) is 20.8. The second-order valence-electron chi connectivity index (χ2n) is 16.4. The largest absolute Gasteiger partial charge is 0.456 e. The van der Waals surface area contributed by atoms with Gasteiger partial charge >= 0.3 is 0 Å². The van der Waals surface area contributed by atoms with Gasteiger partial charge in [0, 0.05) is 55.9 Å². The van der Waals surface area contributed by atoms with Crippen molar-refractivity contribution in [3.63, 3.8) is 0 Å². The lowest BCUT2D eigenvalue weighted by Gasteiger charge is -2.29. The Labute approximate surface area is 358 Å². The SMILES string of the molecule is CC1(C)c2cc3ccccc3cc2-c2cc3sc(-c4ccc(N(c5cccc(N(c6ccccc6)c6ccccc6)c5)c5ccc6oc7ccccc7c6c5)cc4)nc3cc21. The van der Waals surface area contributed by atoms with Crippen LogP contribution >= 0.6 is 11.3 Å². The molecule has 4 nitrogen and oxygen atoms in total. The van der Waals surface area contributed by atoms with Gasteiger partial charge in [0.15, 0.2) is 0 Å². The summed E-state index contributed by atoms with van der Waals surface area (Å²) < 4.78 is 7.48. The van der Waals surface area contributed by atoms with E-state index in [2.05, 4.69) is 212 Å². The number of hydrogen-bond acceptors (Lipinski definition) is 5. The Morgan fingerprint density at radius 3 is 1.72 bits per heavy atom. The van der Waals surface area contributed by atoms with Gasteiger partial charge in [0.1, 0.15) is 16.2 Å². The lowest BCUT2D eigenvalue weighted by Crippen LogP contribution is -2.14. The minimum atomic E-state index is -0.111. The molecule has 290 valence electrons. The maximum atomic E-state index is 6.28. The molecule has 0 saturated heterocycles. The average molecular weight is 802 g/mol. The number of benzene rings is 9. The van der Waals surface area contributed by atoms with E-state index in [1.807, 2.05) is 12.1 Å². The predicted molar refractivity (Wildman–Crippen MR) is 257 cm³/mol. The Hall–Kier alpha value is -7.47. The molecule has 0 saturated carbocycles.